The fraction of sp³-hybridized carbons (Fsp3) is 0.786. The number of ether oxygens (including phenoxy) is 1. The number of rotatable bonds is 2. The molecule has 3 atom stereocenters. The van der Waals surface area contributed by atoms with Crippen molar-refractivity contribution in [3.63, 3.8) is 0 Å². The molecule has 2 aliphatic carbocycles. The van der Waals surface area contributed by atoms with E-state index in [9.17, 15) is 4.79 Å². The largest absolute Gasteiger partial charge is 0.459 e. The standard InChI is InChI=1S/C14H22O2/c1-5-12(15)16-11-7-6-10-8-9-14(11,4)13(10,2)3/h5,10-11H,1,6-9H2,2-4H3. The summed E-state index contributed by atoms with van der Waals surface area (Å²) in [6.07, 6.45) is 6.02. The monoisotopic (exact) mass is 222 g/mol. The van der Waals surface area contributed by atoms with Crippen LogP contribution in [0.15, 0.2) is 12.7 Å². The fourth-order valence-electron chi connectivity index (χ4n) is 3.75. The molecule has 2 rings (SSSR count). The van der Waals surface area contributed by atoms with Gasteiger partial charge in [-0.05, 0) is 37.0 Å². The van der Waals surface area contributed by atoms with Gasteiger partial charge in [-0.3, -0.25) is 0 Å². The summed E-state index contributed by atoms with van der Waals surface area (Å²) in [5.41, 5.74) is 0.436. The lowest BCUT2D eigenvalue weighted by Crippen LogP contribution is -2.48. The second-order valence-electron chi connectivity index (χ2n) is 6.08. The van der Waals surface area contributed by atoms with Crippen LogP contribution >= 0.6 is 0 Å². The predicted molar refractivity (Wildman–Crippen MR) is 63.9 cm³/mol. The van der Waals surface area contributed by atoms with E-state index in [0.29, 0.717) is 0 Å². The lowest BCUT2D eigenvalue weighted by Gasteiger charge is -2.50. The zero-order valence-electron chi connectivity index (χ0n) is 10.6. The van der Waals surface area contributed by atoms with E-state index in [1.165, 1.54) is 25.3 Å². The Hall–Kier alpha value is -0.790. The molecule has 2 bridgehead atoms. The highest BCUT2D eigenvalue weighted by Crippen LogP contribution is 2.63. The Morgan fingerprint density at radius 3 is 2.62 bits per heavy atom. The molecule has 2 aliphatic rings. The van der Waals surface area contributed by atoms with Crippen molar-refractivity contribution < 1.29 is 9.53 Å². The van der Waals surface area contributed by atoms with Crippen LogP contribution in [-0.2, 0) is 9.53 Å². The highest BCUT2D eigenvalue weighted by atomic mass is 16.5. The number of hydrogen-bond acceptors (Lipinski definition) is 2. The zero-order chi connectivity index (χ0) is 12.0. The first-order valence-electron chi connectivity index (χ1n) is 6.25. The third kappa shape index (κ3) is 1.42. The molecule has 0 aromatic carbocycles. The molecular weight excluding hydrogens is 200 g/mol. The highest BCUT2D eigenvalue weighted by molar-refractivity contribution is 5.81. The summed E-state index contributed by atoms with van der Waals surface area (Å²) < 4.78 is 5.55. The van der Waals surface area contributed by atoms with Crippen molar-refractivity contribution in [2.45, 2.75) is 52.6 Å². The lowest BCUT2D eigenvalue weighted by atomic mass is 9.58. The van der Waals surface area contributed by atoms with Gasteiger partial charge in [0.1, 0.15) is 6.10 Å². The predicted octanol–water partition coefficient (Wildman–Crippen LogP) is 3.32. The maximum Gasteiger partial charge on any atom is 0.330 e. The first-order valence-corrected chi connectivity index (χ1v) is 6.25. The Labute approximate surface area is 98.1 Å². The molecule has 2 fully saturated rings. The van der Waals surface area contributed by atoms with Gasteiger partial charge in [0.2, 0.25) is 0 Å². The van der Waals surface area contributed by atoms with Gasteiger partial charge in [-0.25, -0.2) is 4.79 Å². The van der Waals surface area contributed by atoms with Crippen LogP contribution < -0.4 is 0 Å². The average molecular weight is 222 g/mol. The lowest BCUT2D eigenvalue weighted by molar-refractivity contribution is -0.161. The third-order valence-corrected chi connectivity index (χ3v) is 5.42. The second kappa shape index (κ2) is 3.61. The van der Waals surface area contributed by atoms with Gasteiger partial charge in [0.25, 0.3) is 0 Å². The maximum absolute atomic E-state index is 11.4. The summed E-state index contributed by atoms with van der Waals surface area (Å²) in [5.74, 6) is 0.531. The van der Waals surface area contributed by atoms with Crippen molar-refractivity contribution in [1.29, 1.82) is 0 Å². The Morgan fingerprint density at radius 2 is 2.00 bits per heavy atom. The van der Waals surface area contributed by atoms with Crippen molar-refractivity contribution in [1.82, 2.24) is 0 Å². The number of esters is 1. The van der Waals surface area contributed by atoms with Crippen LogP contribution in [-0.4, -0.2) is 12.1 Å². The molecule has 0 aromatic rings. The van der Waals surface area contributed by atoms with Crippen molar-refractivity contribution in [2.24, 2.45) is 16.7 Å². The molecule has 0 radical (unpaired) electrons. The molecule has 2 heteroatoms. The Morgan fingerprint density at radius 1 is 1.31 bits per heavy atom. The molecule has 0 heterocycles. The third-order valence-electron chi connectivity index (χ3n) is 5.42. The second-order valence-corrected chi connectivity index (χ2v) is 6.08. The van der Waals surface area contributed by atoms with Crippen LogP contribution in [0.5, 0.6) is 0 Å². The molecule has 0 N–H and O–H groups in total. The van der Waals surface area contributed by atoms with Gasteiger partial charge in [-0.1, -0.05) is 27.4 Å². The summed E-state index contributed by atoms with van der Waals surface area (Å²) in [4.78, 5) is 11.4. The van der Waals surface area contributed by atoms with Crippen molar-refractivity contribution >= 4 is 5.97 Å². The quantitative estimate of drug-likeness (QED) is 0.529. The normalized spacial score (nSPS) is 40.4. The number of fused-ring (bicyclic) bond motifs is 2. The van der Waals surface area contributed by atoms with Crippen LogP contribution in [0.25, 0.3) is 0 Å². The Balaban J connectivity index is 2.22. The minimum Gasteiger partial charge on any atom is -0.459 e. The van der Waals surface area contributed by atoms with E-state index >= 15 is 0 Å². The molecule has 0 spiro atoms. The van der Waals surface area contributed by atoms with Gasteiger partial charge >= 0.3 is 5.97 Å². The van der Waals surface area contributed by atoms with E-state index in [0.717, 1.165) is 12.3 Å². The van der Waals surface area contributed by atoms with Gasteiger partial charge in [-0.15, -0.1) is 0 Å². The molecule has 0 aromatic heterocycles. The van der Waals surface area contributed by atoms with Crippen LogP contribution in [0.1, 0.15) is 46.5 Å². The van der Waals surface area contributed by atoms with Gasteiger partial charge in [0, 0.05) is 11.5 Å². The number of carbonyl (C=O) groups excluding carboxylic acids is 1. The molecule has 90 valence electrons. The van der Waals surface area contributed by atoms with Gasteiger partial charge in [0.05, 0.1) is 0 Å². The number of carbonyl (C=O) groups is 1. The molecule has 0 aliphatic heterocycles. The first kappa shape index (κ1) is 11.7. The summed E-state index contributed by atoms with van der Waals surface area (Å²) in [6.45, 7) is 10.4. The Bertz CT molecular complexity index is 319. The molecule has 2 nitrogen and oxygen atoms in total. The van der Waals surface area contributed by atoms with Gasteiger partial charge in [0.15, 0.2) is 0 Å². The topological polar surface area (TPSA) is 26.3 Å². The van der Waals surface area contributed by atoms with E-state index in [2.05, 4.69) is 27.4 Å². The highest BCUT2D eigenvalue weighted by Gasteiger charge is 2.59. The molecular formula is C14H22O2. The summed E-state index contributed by atoms with van der Waals surface area (Å²) >= 11 is 0. The molecule has 2 saturated carbocycles. The minimum atomic E-state index is -0.271. The fourth-order valence-corrected chi connectivity index (χ4v) is 3.75. The van der Waals surface area contributed by atoms with Crippen LogP contribution in [0.4, 0.5) is 0 Å². The van der Waals surface area contributed by atoms with E-state index in [-0.39, 0.29) is 22.9 Å². The number of hydrogen-bond donors (Lipinski definition) is 0. The van der Waals surface area contributed by atoms with Gasteiger partial charge < -0.3 is 4.74 Å². The van der Waals surface area contributed by atoms with E-state index in [1.807, 2.05) is 0 Å². The minimum absolute atomic E-state index is 0.0757. The van der Waals surface area contributed by atoms with Crippen molar-refractivity contribution in [3.05, 3.63) is 12.7 Å². The first-order chi connectivity index (χ1) is 7.41. The zero-order valence-corrected chi connectivity index (χ0v) is 10.6. The van der Waals surface area contributed by atoms with Crippen molar-refractivity contribution in [2.75, 3.05) is 0 Å². The van der Waals surface area contributed by atoms with E-state index in [1.54, 1.807) is 0 Å². The van der Waals surface area contributed by atoms with Crippen LogP contribution in [0, 0.1) is 16.7 Å². The van der Waals surface area contributed by atoms with Gasteiger partial charge in [-0.2, -0.15) is 0 Å². The maximum atomic E-state index is 11.4. The van der Waals surface area contributed by atoms with Crippen LogP contribution in [0.2, 0.25) is 0 Å². The van der Waals surface area contributed by atoms with Crippen LogP contribution in [0.3, 0.4) is 0 Å². The average Bonchev–Trinajstić information content (AvgIpc) is 2.39. The summed E-state index contributed by atoms with van der Waals surface area (Å²) in [6, 6.07) is 0. The van der Waals surface area contributed by atoms with Crippen molar-refractivity contribution in [3.8, 4) is 0 Å². The molecule has 0 amide bonds. The molecule has 3 unspecified atom stereocenters. The molecule has 0 saturated heterocycles. The Kier molecular flexibility index (Phi) is 2.64. The summed E-state index contributed by atoms with van der Waals surface area (Å²) in [5, 5.41) is 0. The molecule has 16 heavy (non-hydrogen) atoms. The van der Waals surface area contributed by atoms with E-state index < -0.39 is 0 Å². The smallest absolute Gasteiger partial charge is 0.330 e. The van der Waals surface area contributed by atoms with E-state index in [4.69, 9.17) is 4.74 Å². The summed E-state index contributed by atoms with van der Waals surface area (Å²) in [7, 11) is 0. The SMILES string of the molecule is C=CC(=O)OC1CCC2CCC1(C)C2(C)C.